The van der Waals surface area contributed by atoms with E-state index in [1.165, 1.54) is 0 Å². The minimum absolute atomic E-state index is 0.0721. The normalized spacial score (nSPS) is 20.9. The van der Waals surface area contributed by atoms with E-state index in [1.54, 1.807) is 23.1 Å². The molecule has 6 nitrogen and oxygen atoms in total. The number of nitrogens with zero attached hydrogens (tertiary/aromatic N) is 1. The molecule has 3 aromatic rings. The first-order chi connectivity index (χ1) is 14.4. The zero-order valence-corrected chi connectivity index (χ0v) is 17.0. The monoisotopic (exact) mass is 405 g/mol. The van der Waals surface area contributed by atoms with Gasteiger partial charge in [-0.05, 0) is 67.6 Å². The van der Waals surface area contributed by atoms with Crippen LogP contribution in [-0.4, -0.2) is 35.2 Å². The fraction of sp³-hybridized carbons (Fsp3) is 0.333. The van der Waals surface area contributed by atoms with Gasteiger partial charge >= 0.3 is 0 Å². The molecule has 2 aliphatic rings. The Morgan fingerprint density at radius 3 is 2.67 bits per heavy atom. The number of aryl methyl sites for hydroxylation is 2. The van der Waals surface area contributed by atoms with E-state index in [4.69, 9.17) is 9.15 Å². The minimum atomic E-state index is -0.619. The van der Waals surface area contributed by atoms with Gasteiger partial charge in [0.15, 0.2) is 5.43 Å². The molecule has 1 saturated heterocycles. The second-order valence-corrected chi connectivity index (χ2v) is 8.20. The van der Waals surface area contributed by atoms with Gasteiger partial charge in [0.2, 0.25) is 5.76 Å². The maximum absolute atomic E-state index is 13.5. The molecular formula is C24H23NO5. The molecule has 0 radical (unpaired) electrons. The Kier molecular flexibility index (Phi) is 4.40. The van der Waals surface area contributed by atoms with E-state index in [2.05, 4.69) is 0 Å². The zero-order chi connectivity index (χ0) is 21.0. The molecule has 5 rings (SSSR count). The highest BCUT2D eigenvalue weighted by atomic mass is 16.5. The van der Waals surface area contributed by atoms with Gasteiger partial charge in [-0.3, -0.25) is 9.59 Å². The van der Waals surface area contributed by atoms with Crippen molar-refractivity contribution in [2.75, 3.05) is 13.2 Å². The van der Waals surface area contributed by atoms with Gasteiger partial charge in [0.25, 0.3) is 5.91 Å². The topological polar surface area (TPSA) is 80.0 Å². The van der Waals surface area contributed by atoms with E-state index in [9.17, 15) is 14.7 Å². The van der Waals surface area contributed by atoms with Crippen LogP contribution in [0.4, 0.5) is 0 Å². The summed E-state index contributed by atoms with van der Waals surface area (Å²) in [6.07, 6.45) is 1.75. The number of hydrogen-bond donors (Lipinski definition) is 1. The molecule has 2 aliphatic heterocycles. The Balaban J connectivity index is 1.73. The van der Waals surface area contributed by atoms with Crippen LogP contribution >= 0.6 is 0 Å². The van der Waals surface area contributed by atoms with Crippen molar-refractivity contribution in [2.24, 2.45) is 0 Å². The lowest BCUT2D eigenvalue weighted by Crippen LogP contribution is -2.36. The maximum atomic E-state index is 13.5. The Morgan fingerprint density at radius 1 is 1.13 bits per heavy atom. The number of carbonyl (C=O) groups is 1. The Hall–Kier alpha value is -3.12. The lowest BCUT2D eigenvalue weighted by Gasteiger charge is -2.27. The molecule has 3 heterocycles. The van der Waals surface area contributed by atoms with Crippen molar-refractivity contribution < 1.29 is 19.1 Å². The smallest absolute Gasteiger partial charge is 0.291 e. The third-order valence-electron chi connectivity index (χ3n) is 6.19. The number of carbonyl (C=O) groups excluding carboxylic acids is 1. The van der Waals surface area contributed by atoms with E-state index in [0.717, 1.165) is 24.0 Å². The molecule has 2 aromatic carbocycles. The number of hydrogen-bond acceptors (Lipinski definition) is 5. The minimum Gasteiger partial charge on any atom is -0.508 e. The van der Waals surface area contributed by atoms with Gasteiger partial charge in [-0.2, -0.15) is 0 Å². The summed E-state index contributed by atoms with van der Waals surface area (Å²) in [4.78, 5) is 28.6. The van der Waals surface area contributed by atoms with Crippen molar-refractivity contribution in [3.05, 3.63) is 74.6 Å². The fourth-order valence-electron chi connectivity index (χ4n) is 4.51. The SMILES string of the molecule is Cc1cc2oc3c(c(=O)c2cc1C)C(c1cccc(O)c1)N(CC1CCCO1)C3=O. The van der Waals surface area contributed by atoms with Crippen molar-refractivity contribution in [1.82, 2.24) is 4.90 Å². The van der Waals surface area contributed by atoms with Crippen LogP contribution in [0, 0.1) is 13.8 Å². The molecule has 0 saturated carbocycles. The number of benzene rings is 2. The molecule has 6 heteroatoms. The number of amides is 1. The molecule has 2 atom stereocenters. The first kappa shape index (κ1) is 18.9. The van der Waals surface area contributed by atoms with Crippen LogP contribution in [0.2, 0.25) is 0 Å². The summed E-state index contributed by atoms with van der Waals surface area (Å²) in [6, 6.07) is 9.72. The van der Waals surface area contributed by atoms with Crippen molar-refractivity contribution in [3.8, 4) is 5.75 Å². The second-order valence-electron chi connectivity index (χ2n) is 8.20. The van der Waals surface area contributed by atoms with Crippen LogP contribution in [0.1, 0.15) is 51.7 Å². The highest BCUT2D eigenvalue weighted by Crippen LogP contribution is 2.39. The average Bonchev–Trinajstić information content (AvgIpc) is 3.32. The predicted octanol–water partition coefficient (Wildman–Crippen LogP) is 3.84. The summed E-state index contributed by atoms with van der Waals surface area (Å²) >= 11 is 0. The molecule has 2 unspecified atom stereocenters. The number of phenolic OH excluding ortho intramolecular Hbond substituents is 1. The molecule has 1 amide bonds. The van der Waals surface area contributed by atoms with Gasteiger partial charge < -0.3 is 19.2 Å². The van der Waals surface area contributed by atoms with E-state index < -0.39 is 6.04 Å². The molecule has 1 fully saturated rings. The first-order valence-corrected chi connectivity index (χ1v) is 10.2. The van der Waals surface area contributed by atoms with E-state index in [1.807, 2.05) is 32.0 Å². The van der Waals surface area contributed by atoms with Crippen LogP contribution in [0.25, 0.3) is 11.0 Å². The van der Waals surface area contributed by atoms with Gasteiger partial charge in [0.05, 0.1) is 23.1 Å². The largest absolute Gasteiger partial charge is 0.508 e. The van der Waals surface area contributed by atoms with Gasteiger partial charge in [0, 0.05) is 13.2 Å². The standard InChI is InChI=1S/C24H23NO5/c1-13-9-18-19(10-14(13)2)30-23-20(22(18)27)21(15-5-3-6-16(26)11-15)25(24(23)28)12-17-7-4-8-29-17/h3,5-6,9-11,17,21,26H,4,7-8,12H2,1-2H3. The van der Waals surface area contributed by atoms with E-state index in [-0.39, 0.29) is 28.9 Å². The average molecular weight is 405 g/mol. The number of aromatic hydroxyl groups is 1. The summed E-state index contributed by atoms with van der Waals surface area (Å²) < 4.78 is 11.8. The third-order valence-corrected chi connectivity index (χ3v) is 6.19. The van der Waals surface area contributed by atoms with Crippen LogP contribution in [0.15, 0.2) is 45.6 Å². The van der Waals surface area contributed by atoms with E-state index >= 15 is 0 Å². The predicted molar refractivity (Wildman–Crippen MR) is 112 cm³/mol. The number of rotatable bonds is 3. The first-order valence-electron chi connectivity index (χ1n) is 10.2. The van der Waals surface area contributed by atoms with Gasteiger partial charge in [-0.1, -0.05) is 12.1 Å². The molecule has 154 valence electrons. The molecule has 0 aliphatic carbocycles. The lowest BCUT2D eigenvalue weighted by atomic mass is 9.97. The second kappa shape index (κ2) is 6.99. The maximum Gasteiger partial charge on any atom is 0.291 e. The Morgan fingerprint density at radius 2 is 1.93 bits per heavy atom. The molecular weight excluding hydrogens is 382 g/mol. The van der Waals surface area contributed by atoms with Crippen LogP contribution in [-0.2, 0) is 4.74 Å². The van der Waals surface area contributed by atoms with Gasteiger partial charge in [-0.15, -0.1) is 0 Å². The van der Waals surface area contributed by atoms with Crippen LogP contribution in [0.5, 0.6) is 5.75 Å². The van der Waals surface area contributed by atoms with Crippen molar-refractivity contribution in [2.45, 2.75) is 38.8 Å². The fourth-order valence-corrected chi connectivity index (χ4v) is 4.51. The van der Waals surface area contributed by atoms with Crippen molar-refractivity contribution in [1.29, 1.82) is 0 Å². The summed E-state index contributed by atoms with van der Waals surface area (Å²) in [6.45, 7) is 4.94. The third kappa shape index (κ3) is 2.91. The number of ether oxygens (including phenoxy) is 1. The molecule has 1 N–H and O–H groups in total. The highest BCUT2D eigenvalue weighted by molar-refractivity contribution is 5.99. The quantitative estimate of drug-likeness (QED) is 0.716. The summed E-state index contributed by atoms with van der Waals surface area (Å²) in [5.41, 5.74) is 3.21. The van der Waals surface area contributed by atoms with Crippen LogP contribution < -0.4 is 5.43 Å². The molecule has 1 aromatic heterocycles. The van der Waals surface area contributed by atoms with E-state index in [0.29, 0.717) is 35.2 Å². The molecule has 30 heavy (non-hydrogen) atoms. The molecule has 0 spiro atoms. The Labute approximate surface area is 173 Å². The van der Waals surface area contributed by atoms with Gasteiger partial charge in [0.1, 0.15) is 11.3 Å². The summed E-state index contributed by atoms with van der Waals surface area (Å²) in [5.74, 6) is -0.143. The lowest BCUT2D eigenvalue weighted by molar-refractivity contribution is 0.0486. The number of phenols is 1. The van der Waals surface area contributed by atoms with Crippen molar-refractivity contribution in [3.63, 3.8) is 0 Å². The summed E-state index contributed by atoms with van der Waals surface area (Å²) in [7, 11) is 0. The highest BCUT2D eigenvalue weighted by Gasteiger charge is 2.44. The van der Waals surface area contributed by atoms with Crippen LogP contribution in [0.3, 0.4) is 0 Å². The van der Waals surface area contributed by atoms with Crippen molar-refractivity contribution >= 4 is 16.9 Å². The number of fused-ring (bicyclic) bond motifs is 2. The zero-order valence-electron chi connectivity index (χ0n) is 17.0. The summed E-state index contributed by atoms with van der Waals surface area (Å²) in [5, 5.41) is 10.5. The molecule has 0 bridgehead atoms. The Bertz CT molecular complexity index is 1220. The van der Waals surface area contributed by atoms with Gasteiger partial charge in [-0.25, -0.2) is 0 Å².